The van der Waals surface area contributed by atoms with Gasteiger partial charge in [-0.15, -0.1) is 0 Å². The van der Waals surface area contributed by atoms with Gasteiger partial charge in [0.1, 0.15) is 0 Å². The smallest absolute Gasteiger partial charge is 0.251 e. The molecule has 25 heavy (non-hydrogen) atoms. The van der Waals surface area contributed by atoms with E-state index in [1.807, 2.05) is 12.1 Å². The van der Waals surface area contributed by atoms with E-state index in [9.17, 15) is 14.4 Å². The van der Waals surface area contributed by atoms with Crippen LogP contribution >= 0.6 is 0 Å². The van der Waals surface area contributed by atoms with E-state index in [0.717, 1.165) is 31.5 Å². The Labute approximate surface area is 147 Å². The highest BCUT2D eigenvalue weighted by molar-refractivity contribution is 6.03. The number of hydrogen-bond donors (Lipinski definition) is 3. The molecule has 0 bridgehead atoms. The summed E-state index contributed by atoms with van der Waals surface area (Å²) in [6.07, 6.45) is 2.89. The van der Waals surface area contributed by atoms with Gasteiger partial charge >= 0.3 is 0 Å². The molecular formula is C19H25N3O3. The summed E-state index contributed by atoms with van der Waals surface area (Å²) in [7, 11) is 0. The normalized spacial score (nSPS) is 22.5. The molecule has 2 fully saturated rings. The van der Waals surface area contributed by atoms with Crippen LogP contribution < -0.4 is 16.0 Å². The van der Waals surface area contributed by atoms with Crippen molar-refractivity contribution >= 4 is 17.7 Å². The van der Waals surface area contributed by atoms with Crippen LogP contribution in [0.1, 0.15) is 42.1 Å². The zero-order valence-electron chi connectivity index (χ0n) is 14.6. The van der Waals surface area contributed by atoms with Crippen LogP contribution in [0.4, 0.5) is 0 Å². The van der Waals surface area contributed by atoms with Gasteiger partial charge in [0, 0.05) is 18.5 Å². The zero-order valence-corrected chi connectivity index (χ0v) is 14.6. The molecule has 3 rings (SSSR count). The lowest BCUT2D eigenvalue weighted by atomic mass is 9.81. The van der Waals surface area contributed by atoms with Gasteiger partial charge in [-0.1, -0.05) is 19.1 Å². The highest BCUT2D eigenvalue weighted by Crippen LogP contribution is 2.26. The second-order valence-corrected chi connectivity index (χ2v) is 7.46. The Morgan fingerprint density at radius 1 is 1.20 bits per heavy atom. The molecule has 6 heteroatoms. The summed E-state index contributed by atoms with van der Waals surface area (Å²) < 4.78 is 0. The second kappa shape index (κ2) is 7.35. The fraction of sp³-hybridized carbons (Fsp3) is 0.526. The van der Waals surface area contributed by atoms with Crippen LogP contribution in [-0.4, -0.2) is 37.4 Å². The van der Waals surface area contributed by atoms with Crippen molar-refractivity contribution in [3.63, 3.8) is 0 Å². The third-order valence-corrected chi connectivity index (χ3v) is 5.25. The molecule has 1 aromatic carbocycles. The molecule has 0 saturated carbocycles. The Balaban J connectivity index is 1.53. The van der Waals surface area contributed by atoms with Crippen molar-refractivity contribution in [1.82, 2.24) is 16.0 Å². The van der Waals surface area contributed by atoms with E-state index in [2.05, 4.69) is 22.9 Å². The van der Waals surface area contributed by atoms with Gasteiger partial charge in [-0.05, 0) is 55.5 Å². The summed E-state index contributed by atoms with van der Waals surface area (Å²) in [4.78, 5) is 35.2. The Morgan fingerprint density at radius 2 is 1.88 bits per heavy atom. The van der Waals surface area contributed by atoms with E-state index in [0.29, 0.717) is 18.5 Å². The molecule has 0 aliphatic carbocycles. The second-order valence-electron chi connectivity index (χ2n) is 7.46. The summed E-state index contributed by atoms with van der Waals surface area (Å²) in [6, 6.07) is 7.28. The molecule has 0 spiro atoms. The van der Waals surface area contributed by atoms with Crippen molar-refractivity contribution in [2.45, 2.75) is 32.6 Å². The van der Waals surface area contributed by atoms with Crippen LogP contribution in [0.15, 0.2) is 24.3 Å². The summed E-state index contributed by atoms with van der Waals surface area (Å²) in [5, 5.41) is 8.70. The first-order chi connectivity index (χ1) is 12.0. The zero-order chi connectivity index (χ0) is 17.9. The quantitative estimate of drug-likeness (QED) is 0.697. The number of piperidine rings is 1. The maximum atomic E-state index is 12.3. The highest BCUT2D eigenvalue weighted by Gasteiger charge is 2.30. The van der Waals surface area contributed by atoms with Crippen molar-refractivity contribution in [2.24, 2.45) is 11.3 Å². The van der Waals surface area contributed by atoms with Crippen molar-refractivity contribution in [2.75, 3.05) is 19.6 Å². The standard InChI is InChI=1S/C19H25N3O3/c1-19(6-8-20-9-7-19)12-21-17(24)14-4-2-13(3-5-14)10-15-11-16(23)22-18(15)25/h2-5,15,20H,6-12H2,1H3,(H,21,24)(H,22,23,25). The third kappa shape index (κ3) is 4.45. The number of carbonyl (C=O) groups excluding carboxylic acids is 3. The average Bonchev–Trinajstić information content (AvgIpc) is 2.91. The van der Waals surface area contributed by atoms with Gasteiger partial charge in [0.25, 0.3) is 5.91 Å². The predicted octanol–water partition coefficient (Wildman–Crippen LogP) is 1.01. The van der Waals surface area contributed by atoms with Crippen LogP contribution in [0.2, 0.25) is 0 Å². The predicted molar refractivity (Wildman–Crippen MR) is 93.9 cm³/mol. The van der Waals surface area contributed by atoms with E-state index < -0.39 is 0 Å². The fourth-order valence-electron chi connectivity index (χ4n) is 3.45. The number of benzene rings is 1. The molecule has 2 heterocycles. The Hall–Kier alpha value is -2.21. The molecule has 1 unspecified atom stereocenters. The number of amides is 3. The number of hydrogen-bond acceptors (Lipinski definition) is 4. The number of carbonyl (C=O) groups is 3. The summed E-state index contributed by atoms with van der Waals surface area (Å²) in [6.45, 7) is 4.89. The molecule has 134 valence electrons. The van der Waals surface area contributed by atoms with Crippen LogP contribution in [0.25, 0.3) is 0 Å². The van der Waals surface area contributed by atoms with Gasteiger partial charge in [0.2, 0.25) is 11.8 Å². The van der Waals surface area contributed by atoms with Crippen LogP contribution in [0.5, 0.6) is 0 Å². The summed E-state index contributed by atoms with van der Waals surface area (Å²) in [5.74, 6) is -0.786. The van der Waals surface area contributed by atoms with Gasteiger partial charge in [0.05, 0.1) is 5.92 Å². The Morgan fingerprint density at radius 3 is 2.48 bits per heavy atom. The van der Waals surface area contributed by atoms with Gasteiger partial charge in [-0.3, -0.25) is 19.7 Å². The molecule has 2 saturated heterocycles. The summed E-state index contributed by atoms with van der Waals surface area (Å²) in [5.41, 5.74) is 1.73. The monoisotopic (exact) mass is 343 g/mol. The topological polar surface area (TPSA) is 87.3 Å². The minimum absolute atomic E-state index is 0.0694. The lowest BCUT2D eigenvalue weighted by Gasteiger charge is -2.34. The van der Waals surface area contributed by atoms with Crippen molar-refractivity contribution in [1.29, 1.82) is 0 Å². The van der Waals surface area contributed by atoms with E-state index in [4.69, 9.17) is 0 Å². The van der Waals surface area contributed by atoms with E-state index in [-0.39, 0.29) is 35.5 Å². The van der Waals surface area contributed by atoms with Gasteiger partial charge < -0.3 is 10.6 Å². The lowest BCUT2D eigenvalue weighted by Crippen LogP contribution is -2.42. The van der Waals surface area contributed by atoms with Crippen LogP contribution in [0, 0.1) is 11.3 Å². The Bertz CT molecular complexity index is 663. The van der Waals surface area contributed by atoms with Gasteiger partial charge in [-0.25, -0.2) is 0 Å². The van der Waals surface area contributed by atoms with E-state index in [1.54, 1.807) is 12.1 Å². The van der Waals surface area contributed by atoms with Gasteiger partial charge in [-0.2, -0.15) is 0 Å². The molecule has 0 aromatic heterocycles. The SMILES string of the molecule is CC1(CNC(=O)c2ccc(CC3CC(=O)NC3=O)cc2)CCNCC1. The van der Waals surface area contributed by atoms with Crippen molar-refractivity contribution < 1.29 is 14.4 Å². The maximum absolute atomic E-state index is 12.3. The molecule has 2 aliphatic rings. The number of nitrogens with one attached hydrogen (secondary N) is 3. The first-order valence-electron chi connectivity index (χ1n) is 8.87. The molecule has 0 radical (unpaired) electrons. The number of rotatable bonds is 5. The van der Waals surface area contributed by atoms with Crippen molar-refractivity contribution in [3.8, 4) is 0 Å². The minimum Gasteiger partial charge on any atom is -0.351 e. The number of imide groups is 1. The third-order valence-electron chi connectivity index (χ3n) is 5.25. The average molecular weight is 343 g/mol. The fourth-order valence-corrected chi connectivity index (χ4v) is 3.45. The largest absolute Gasteiger partial charge is 0.351 e. The molecular weight excluding hydrogens is 318 g/mol. The molecule has 1 aromatic rings. The maximum Gasteiger partial charge on any atom is 0.251 e. The lowest BCUT2D eigenvalue weighted by molar-refractivity contribution is -0.125. The molecule has 3 N–H and O–H groups in total. The highest BCUT2D eigenvalue weighted by atomic mass is 16.2. The first-order valence-corrected chi connectivity index (χ1v) is 8.87. The first kappa shape index (κ1) is 17.6. The molecule has 1 atom stereocenters. The van der Waals surface area contributed by atoms with E-state index in [1.165, 1.54) is 0 Å². The van der Waals surface area contributed by atoms with E-state index >= 15 is 0 Å². The van der Waals surface area contributed by atoms with Gasteiger partial charge in [0.15, 0.2) is 0 Å². The minimum atomic E-state index is -0.299. The molecule has 2 aliphatic heterocycles. The van der Waals surface area contributed by atoms with Crippen molar-refractivity contribution in [3.05, 3.63) is 35.4 Å². The Kier molecular flexibility index (Phi) is 5.18. The van der Waals surface area contributed by atoms with Crippen LogP contribution in [0.3, 0.4) is 0 Å². The molecule has 6 nitrogen and oxygen atoms in total. The van der Waals surface area contributed by atoms with Crippen LogP contribution in [-0.2, 0) is 16.0 Å². The summed E-state index contributed by atoms with van der Waals surface area (Å²) >= 11 is 0. The molecule has 3 amide bonds.